The van der Waals surface area contributed by atoms with Crippen LogP contribution in [0.3, 0.4) is 0 Å². The van der Waals surface area contributed by atoms with Crippen LogP contribution in [0.5, 0.6) is 0 Å². The van der Waals surface area contributed by atoms with Crippen molar-refractivity contribution in [3.63, 3.8) is 0 Å². The van der Waals surface area contributed by atoms with E-state index in [1.807, 2.05) is 0 Å². The molecule has 0 aliphatic heterocycles. The molecule has 0 spiro atoms. The Morgan fingerprint density at radius 1 is 1.10 bits per heavy atom. The molecule has 0 aromatic heterocycles. The summed E-state index contributed by atoms with van der Waals surface area (Å²) < 4.78 is 0.510. The van der Waals surface area contributed by atoms with Crippen molar-refractivity contribution in [1.82, 2.24) is 0 Å². The standard InChI is InChI=1S/C13H8BrNO3.CH4O/c14-11-6-10(7-12(8-11)15(17)18)13(16)9-4-2-1-3-5-9;1-2/h1-8H;2H,1H3. The van der Waals surface area contributed by atoms with Gasteiger partial charge in [-0.15, -0.1) is 0 Å². The van der Waals surface area contributed by atoms with E-state index in [9.17, 15) is 14.9 Å². The molecule has 0 atom stereocenters. The van der Waals surface area contributed by atoms with E-state index in [4.69, 9.17) is 5.11 Å². The van der Waals surface area contributed by atoms with E-state index in [-0.39, 0.29) is 11.5 Å². The summed E-state index contributed by atoms with van der Waals surface area (Å²) in [6, 6.07) is 12.9. The normalized spacial score (nSPS) is 9.35. The average Bonchev–Trinajstić information content (AvgIpc) is 2.48. The van der Waals surface area contributed by atoms with Crippen molar-refractivity contribution in [3.8, 4) is 0 Å². The van der Waals surface area contributed by atoms with E-state index in [0.717, 1.165) is 7.11 Å². The number of hydrogen-bond donors (Lipinski definition) is 1. The molecular weight excluding hydrogens is 326 g/mol. The summed E-state index contributed by atoms with van der Waals surface area (Å²) in [7, 11) is 1.00. The van der Waals surface area contributed by atoms with E-state index in [1.165, 1.54) is 12.1 Å². The second-order valence-electron chi connectivity index (χ2n) is 3.65. The highest BCUT2D eigenvalue weighted by Gasteiger charge is 2.14. The van der Waals surface area contributed by atoms with Crippen LogP contribution < -0.4 is 0 Å². The van der Waals surface area contributed by atoms with E-state index in [0.29, 0.717) is 15.6 Å². The molecule has 0 aliphatic carbocycles. The van der Waals surface area contributed by atoms with Crippen molar-refractivity contribution in [2.24, 2.45) is 0 Å². The van der Waals surface area contributed by atoms with E-state index in [1.54, 1.807) is 36.4 Å². The summed E-state index contributed by atoms with van der Waals surface area (Å²) >= 11 is 3.17. The molecule has 20 heavy (non-hydrogen) atoms. The number of nitrogens with zero attached hydrogens (tertiary/aromatic N) is 1. The predicted octanol–water partition coefficient (Wildman–Crippen LogP) is 3.20. The number of benzene rings is 2. The van der Waals surface area contributed by atoms with Crippen molar-refractivity contribution >= 4 is 27.4 Å². The zero-order chi connectivity index (χ0) is 15.1. The Morgan fingerprint density at radius 2 is 1.70 bits per heavy atom. The van der Waals surface area contributed by atoms with Crippen molar-refractivity contribution in [2.75, 3.05) is 7.11 Å². The molecule has 5 nitrogen and oxygen atoms in total. The number of aliphatic hydroxyl groups excluding tert-OH is 1. The summed E-state index contributed by atoms with van der Waals surface area (Å²) in [5.74, 6) is -0.236. The number of halogens is 1. The molecule has 0 fully saturated rings. The van der Waals surface area contributed by atoms with Gasteiger partial charge in [0.1, 0.15) is 0 Å². The molecule has 0 amide bonds. The van der Waals surface area contributed by atoms with Crippen molar-refractivity contribution in [3.05, 3.63) is 74.2 Å². The summed E-state index contributed by atoms with van der Waals surface area (Å²) in [4.78, 5) is 22.3. The first-order valence-electron chi connectivity index (χ1n) is 5.57. The first-order valence-corrected chi connectivity index (χ1v) is 6.36. The number of ketones is 1. The van der Waals surface area contributed by atoms with Gasteiger partial charge in [0.2, 0.25) is 0 Å². The molecule has 0 unspecified atom stereocenters. The van der Waals surface area contributed by atoms with Crippen molar-refractivity contribution < 1.29 is 14.8 Å². The summed E-state index contributed by atoms with van der Waals surface area (Å²) in [6.45, 7) is 0. The topological polar surface area (TPSA) is 80.4 Å². The number of non-ortho nitro benzene ring substituents is 1. The average molecular weight is 338 g/mol. The Labute approximate surface area is 124 Å². The summed E-state index contributed by atoms with van der Waals surface area (Å²) in [6.07, 6.45) is 0. The largest absolute Gasteiger partial charge is 0.400 e. The molecule has 2 aromatic rings. The minimum absolute atomic E-state index is 0.108. The molecule has 2 rings (SSSR count). The number of hydrogen-bond acceptors (Lipinski definition) is 4. The highest BCUT2D eigenvalue weighted by molar-refractivity contribution is 9.10. The van der Waals surface area contributed by atoms with Gasteiger partial charge in [-0.1, -0.05) is 46.3 Å². The van der Waals surface area contributed by atoms with Crippen LogP contribution in [0.15, 0.2) is 53.0 Å². The van der Waals surface area contributed by atoms with Crippen LogP contribution in [0.25, 0.3) is 0 Å². The molecule has 0 heterocycles. The number of rotatable bonds is 3. The molecule has 0 saturated heterocycles. The van der Waals surface area contributed by atoms with E-state index < -0.39 is 4.92 Å². The van der Waals surface area contributed by atoms with Crippen LogP contribution in [0, 0.1) is 10.1 Å². The molecular formula is C14H12BrNO4. The Bertz CT molecular complexity index is 614. The maximum atomic E-state index is 12.1. The fourth-order valence-electron chi connectivity index (χ4n) is 1.57. The number of aliphatic hydroxyl groups is 1. The summed E-state index contributed by atoms with van der Waals surface area (Å²) in [5, 5.41) is 17.7. The van der Waals surface area contributed by atoms with Gasteiger partial charge < -0.3 is 5.11 Å². The van der Waals surface area contributed by atoms with Crippen LogP contribution in [0.2, 0.25) is 0 Å². The second-order valence-corrected chi connectivity index (χ2v) is 4.57. The van der Waals surface area contributed by atoms with Gasteiger partial charge in [-0.05, 0) is 6.07 Å². The minimum atomic E-state index is -0.521. The Morgan fingerprint density at radius 3 is 2.25 bits per heavy atom. The zero-order valence-corrected chi connectivity index (χ0v) is 12.2. The smallest absolute Gasteiger partial charge is 0.271 e. The fourth-order valence-corrected chi connectivity index (χ4v) is 2.05. The lowest BCUT2D eigenvalue weighted by molar-refractivity contribution is -0.384. The Kier molecular flexibility index (Phi) is 6.02. The highest BCUT2D eigenvalue weighted by Crippen LogP contribution is 2.23. The molecule has 6 heteroatoms. The first-order chi connectivity index (χ1) is 9.58. The number of carbonyl (C=O) groups is 1. The lowest BCUT2D eigenvalue weighted by Gasteiger charge is -2.02. The summed E-state index contributed by atoms with van der Waals surface area (Å²) in [5.41, 5.74) is 0.691. The molecule has 0 saturated carbocycles. The predicted molar refractivity (Wildman–Crippen MR) is 78.8 cm³/mol. The van der Waals surface area contributed by atoms with Crippen LogP contribution >= 0.6 is 15.9 Å². The molecule has 1 N–H and O–H groups in total. The third kappa shape index (κ3) is 3.97. The highest BCUT2D eigenvalue weighted by atomic mass is 79.9. The number of carbonyl (C=O) groups excluding carboxylic acids is 1. The number of nitro groups is 1. The van der Waals surface area contributed by atoms with Gasteiger partial charge in [-0.3, -0.25) is 14.9 Å². The van der Waals surface area contributed by atoms with E-state index in [2.05, 4.69) is 15.9 Å². The first kappa shape index (κ1) is 16.0. The fraction of sp³-hybridized carbons (Fsp3) is 0.0714. The molecule has 104 valence electrons. The quantitative estimate of drug-likeness (QED) is 0.529. The van der Waals surface area contributed by atoms with Gasteiger partial charge in [0.25, 0.3) is 5.69 Å². The van der Waals surface area contributed by atoms with Gasteiger partial charge in [0, 0.05) is 34.8 Å². The van der Waals surface area contributed by atoms with Crippen LogP contribution in [0.1, 0.15) is 15.9 Å². The third-order valence-corrected chi connectivity index (χ3v) is 2.85. The van der Waals surface area contributed by atoms with Gasteiger partial charge in [0.05, 0.1) is 4.92 Å². The Hall–Kier alpha value is -2.05. The zero-order valence-electron chi connectivity index (χ0n) is 10.6. The maximum Gasteiger partial charge on any atom is 0.271 e. The Balaban J connectivity index is 0.000000956. The molecule has 0 radical (unpaired) electrons. The van der Waals surface area contributed by atoms with Crippen LogP contribution in [-0.2, 0) is 0 Å². The van der Waals surface area contributed by atoms with Crippen molar-refractivity contribution in [1.29, 1.82) is 0 Å². The third-order valence-electron chi connectivity index (χ3n) is 2.39. The van der Waals surface area contributed by atoms with Crippen LogP contribution in [0.4, 0.5) is 5.69 Å². The monoisotopic (exact) mass is 337 g/mol. The number of nitro benzene ring substituents is 1. The van der Waals surface area contributed by atoms with Gasteiger partial charge in [-0.2, -0.15) is 0 Å². The SMILES string of the molecule is CO.O=C(c1ccccc1)c1cc(Br)cc([N+](=O)[O-])c1. The lowest BCUT2D eigenvalue weighted by Crippen LogP contribution is -2.02. The van der Waals surface area contributed by atoms with Crippen molar-refractivity contribution in [2.45, 2.75) is 0 Å². The molecule has 2 aromatic carbocycles. The van der Waals surface area contributed by atoms with Gasteiger partial charge >= 0.3 is 0 Å². The molecule has 0 bridgehead atoms. The van der Waals surface area contributed by atoms with Gasteiger partial charge in [0.15, 0.2) is 5.78 Å². The molecule has 0 aliphatic rings. The lowest BCUT2D eigenvalue weighted by atomic mass is 10.0. The maximum absolute atomic E-state index is 12.1. The van der Waals surface area contributed by atoms with E-state index >= 15 is 0 Å². The van der Waals surface area contributed by atoms with Gasteiger partial charge in [-0.25, -0.2) is 0 Å². The van der Waals surface area contributed by atoms with Crippen LogP contribution in [-0.4, -0.2) is 22.9 Å². The minimum Gasteiger partial charge on any atom is -0.400 e. The second kappa shape index (κ2) is 7.52.